The summed E-state index contributed by atoms with van der Waals surface area (Å²) in [6.45, 7) is 0. The van der Waals surface area contributed by atoms with Crippen molar-refractivity contribution in [3.63, 3.8) is 0 Å². The maximum absolute atomic E-state index is 12.4. The van der Waals surface area contributed by atoms with E-state index in [9.17, 15) is 4.79 Å². The van der Waals surface area contributed by atoms with Crippen LogP contribution in [0.5, 0.6) is 0 Å². The SMILES string of the molecule is O=C1c2ccccc2[C@@H](Br)[C@H](Br)c2sccc21. The van der Waals surface area contributed by atoms with Gasteiger partial charge in [0.2, 0.25) is 0 Å². The quantitative estimate of drug-likeness (QED) is 0.604. The van der Waals surface area contributed by atoms with E-state index in [0.717, 1.165) is 21.6 Å². The first-order valence-corrected chi connectivity index (χ1v) is 7.90. The number of carbonyl (C=O) groups excluding carboxylic acids is 1. The molecule has 0 fully saturated rings. The van der Waals surface area contributed by atoms with Gasteiger partial charge < -0.3 is 0 Å². The highest BCUT2D eigenvalue weighted by Gasteiger charge is 2.32. The fourth-order valence-electron chi connectivity index (χ4n) is 2.10. The first-order chi connectivity index (χ1) is 8.20. The van der Waals surface area contributed by atoms with Crippen molar-refractivity contribution >= 4 is 49.0 Å². The zero-order chi connectivity index (χ0) is 12.0. The fourth-order valence-corrected chi connectivity index (χ4v) is 4.70. The number of hydrogen-bond acceptors (Lipinski definition) is 2. The molecule has 2 aromatic rings. The van der Waals surface area contributed by atoms with Crippen LogP contribution in [0.2, 0.25) is 0 Å². The second kappa shape index (κ2) is 4.34. The largest absolute Gasteiger partial charge is 0.289 e. The first-order valence-electron chi connectivity index (χ1n) is 5.19. The maximum atomic E-state index is 12.4. The molecule has 0 bridgehead atoms. The van der Waals surface area contributed by atoms with E-state index < -0.39 is 0 Å². The standard InChI is InChI=1S/C13H8Br2OS/c14-10-7-3-1-2-4-8(7)12(16)9-5-6-17-13(9)11(10)15/h1-6,10-11H/t10-,11+/m1/s1. The number of rotatable bonds is 0. The molecule has 86 valence electrons. The Morgan fingerprint density at radius 2 is 1.76 bits per heavy atom. The molecule has 0 amide bonds. The zero-order valence-electron chi connectivity index (χ0n) is 8.69. The molecular weight excluding hydrogens is 364 g/mol. The van der Waals surface area contributed by atoms with Crippen molar-refractivity contribution in [1.82, 2.24) is 0 Å². The van der Waals surface area contributed by atoms with E-state index >= 15 is 0 Å². The third-order valence-corrected chi connectivity index (χ3v) is 6.97. The van der Waals surface area contributed by atoms with E-state index in [4.69, 9.17) is 0 Å². The van der Waals surface area contributed by atoms with Crippen molar-refractivity contribution in [3.05, 3.63) is 57.3 Å². The van der Waals surface area contributed by atoms with Crippen LogP contribution in [0.25, 0.3) is 0 Å². The monoisotopic (exact) mass is 370 g/mol. The average Bonchev–Trinajstić information content (AvgIpc) is 2.82. The lowest BCUT2D eigenvalue weighted by Gasteiger charge is -2.15. The van der Waals surface area contributed by atoms with Gasteiger partial charge in [0.15, 0.2) is 5.78 Å². The van der Waals surface area contributed by atoms with Gasteiger partial charge >= 0.3 is 0 Å². The van der Waals surface area contributed by atoms with Gasteiger partial charge in [0.25, 0.3) is 0 Å². The van der Waals surface area contributed by atoms with Gasteiger partial charge in [-0.15, -0.1) is 11.3 Å². The molecule has 0 N–H and O–H groups in total. The topological polar surface area (TPSA) is 17.1 Å². The molecule has 1 heterocycles. The van der Waals surface area contributed by atoms with Gasteiger partial charge in [0.1, 0.15) is 0 Å². The van der Waals surface area contributed by atoms with Crippen LogP contribution < -0.4 is 0 Å². The van der Waals surface area contributed by atoms with Gasteiger partial charge in [0.05, 0.1) is 9.65 Å². The van der Waals surface area contributed by atoms with Crippen LogP contribution in [0.1, 0.15) is 36.0 Å². The number of alkyl halides is 2. The molecule has 0 saturated carbocycles. The van der Waals surface area contributed by atoms with Crippen molar-refractivity contribution in [2.24, 2.45) is 0 Å². The van der Waals surface area contributed by atoms with Gasteiger partial charge in [-0.3, -0.25) is 4.79 Å². The Labute approximate surface area is 120 Å². The number of carbonyl (C=O) groups is 1. The highest BCUT2D eigenvalue weighted by Crippen LogP contribution is 2.49. The first kappa shape index (κ1) is 11.6. The molecule has 0 radical (unpaired) electrons. The Balaban J connectivity index is 2.30. The van der Waals surface area contributed by atoms with E-state index in [1.807, 2.05) is 35.7 Å². The Kier molecular flexibility index (Phi) is 2.97. The second-order valence-corrected chi connectivity index (χ2v) is 6.84. The summed E-state index contributed by atoms with van der Waals surface area (Å²) in [6.07, 6.45) is 0. The predicted molar refractivity (Wildman–Crippen MR) is 77.5 cm³/mol. The molecule has 0 spiro atoms. The highest BCUT2D eigenvalue weighted by molar-refractivity contribution is 9.12. The number of thiophene rings is 1. The highest BCUT2D eigenvalue weighted by atomic mass is 79.9. The van der Waals surface area contributed by atoms with E-state index in [1.165, 1.54) is 0 Å². The van der Waals surface area contributed by atoms with Crippen LogP contribution >= 0.6 is 43.2 Å². The third kappa shape index (κ3) is 1.74. The van der Waals surface area contributed by atoms with E-state index in [1.54, 1.807) is 11.3 Å². The van der Waals surface area contributed by atoms with E-state index in [0.29, 0.717) is 0 Å². The van der Waals surface area contributed by atoms with Crippen molar-refractivity contribution in [3.8, 4) is 0 Å². The van der Waals surface area contributed by atoms with Gasteiger partial charge in [-0.25, -0.2) is 0 Å². The molecule has 2 atom stereocenters. The average molecular weight is 372 g/mol. The summed E-state index contributed by atoms with van der Waals surface area (Å²) in [5.74, 6) is 0.128. The number of ketones is 1. The Bertz CT molecular complexity index is 591. The van der Waals surface area contributed by atoms with Crippen LogP contribution in [0, 0.1) is 0 Å². The minimum absolute atomic E-state index is 0.127. The summed E-state index contributed by atoms with van der Waals surface area (Å²) in [4.78, 5) is 13.8. The summed E-state index contributed by atoms with van der Waals surface area (Å²) in [5, 5.41) is 1.98. The molecule has 0 aliphatic heterocycles. The second-order valence-electron chi connectivity index (χ2n) is 3.92. The molecule has 1 nitrogen and oxygen atoms in total. The van der Waals surface area contributed by atoms with Crippen molar-refractivity contribution in [2.45, 2.75) is 9.65 Å². The molecule has 0 saturated heterocycles. The van der Waals surface area contributed by atoms with Crippen molar-refractivity contribution in [2.75, 3.05) is 0 Å². The molecule has 1 aliphatic carbocycles. The number of halogens is 2. The van der Waals surface area contributed by atoms with E-state index in [2.05, 4.69) is 31.9 Å². The molecule has 17 heavy (non-hydrogen) atoms. The number of fused-ring (bicyclic) bond motifs is 2. The summed E-state index contributed by atoms with van der Waals surface area (Å²) in [7, 11) is 0. The van der Waals surface area contributed by atoms with Crippen LogP contribution in [0.4, 0.5) is 0 Å². The molecular formula is C13H8Br2OS. The number of benzene rings is 1. The Morgan fingerprint density at radius 1 is 1.00 bits per heavy atom. The zero-order valence-corrected chi connectivity index (χ0v) is 12.7. The lowest BCUT2D eigenvalue weighted by Crippen LogP contribution is -2.02. The Morgan fingerprint density at radius 3 is 2.59 bits per heavy atom. The third-order valence-electron chi connectivity index (χ3n) is 2.95. The minimum Gasteiger partial charge on any atom is -0.289 e. The summed E-state index contributed by atoms with van der Waals surface area (Å²) < 4.78 is 0. The molecule has 1 aromatic heterocycles. The fraction of sp³-hybridized carbons (Fsp3) is 0.154. The van der Waals surface area contributed by atoms with E-state index in [-0.39, 0.29) is 15.4 Å². The Hall–Kier alpha value is -0.450. The minimum atomic E-state index is 0.127. The van der Waals surface area contributed by atoms with Crippen LogP contribution in [0.15, 0.2) is 35.7 Å². The summed E-state index contributed by atoms with van der Waals surface area (Å²) in [6, 6.07) is 9.71. The van der Waals surface area contributed by atoms with Gasteiger partial charge in [-0.05, 0) is 17.0 Å². The smallest absolute Gasteiger partial charge is 0.194 e. The predicted octanol–water partition coefficient (Wildman–Crippen LogP) is 4.86. The van der Waals surface area contributed by atoms with Crippen LogP contribution in [0.3, 0.4) is 0 Å². The number of hydrogen-bond donors (Lipinski definition) is 0. The summed E-state index contributed by atoms with van der Waals surface area (Å²) >= 11 is 9.01. The van der Waals surface area contributed by atoms with Crippen LogP contribution in [-0.2, 0) is 0 Å². The molecule has 4 heteroatoms. The molecule has 1 aliphatic rings. The normalized spacial score (nSPS) is 22.8. The van der Waals surface area contributed by atoms with Crippen molar-refractivity contribution < 1.29 is 4.79 Å². The maximum Gasteiger partial charge on any atom is 0.194 e. The lowest BCUT2D eigenvalue weighted by molar-refractivity contribution is 0.103. The lowest BCUT2D eigenvalue weighted by atomic mass is 10.0. The molecule has 3 rings (SSSR count). The van der Waals surface area contributed by atoms with Crippen LogP contribution in [-0.4, -0.2) is 5.78 Å². The van der Waals surface area contributed by atoms with Gasteiger partial charge in [-0.1, -0.05) is 56.1 Å². The van der Waals surface area contributed by atoms with Gasteiger partial charge in [-0.2, -0.15) is 0 Å². The molecule has 0 unspecified atom stereocenters. The summed E-state index contributed by atoms with van der Waals surface area (Å²) in [5.41, 5.74) is 2.69. The van der Waals surface area contributed by atoms with Gasteiger partial charge in [0, 0.05) is 16.0 Å². The molecule has 1 aromatic carbocycles. The van der Waals surface area contributed by atoms with Crippen molar-refractivity contribution in [1.29, 1.82) is 0 Å².